The standard InChI is InChI=1S/C14H15F3N4S/c1-9(8-22-2)19-12-6-11(14(15,16)17)20-13(21-12)10-4-3-5-18-7-10/h3-7,9H,8H2,1-2H3,(H,19,20,21). The second-order valence-corrected chi connectivity index (χ2v) is 5.61. The summed E-state index contributed by atoms with van der Waals surface area (Å²) < 4.78 is 39.0. The van der Waals surface area contributed by atoms with Gasteiger partial charge in [0.2, 0.25) is 0 Å². The molecule has 4 nitrogen and oxygen atoms in total. The number of halogens is 3. The van der Waals surface area contributed by atoms with Crippen molar-refractivity contribution in [2.45, 2.75) is 19.1 Å². The molecule has 22 heavy (non-hydrogen) atoms. The Morgan fingerprint density at radius 1 is 1.32 bits per heavy atom. The highest BCUT2D eigenvalue weighted by Gasteiger charge is 2.34. The summed E-state index contributed by atoms with van der Waals surface area (Å²) in [7, 11) is 0. The van der Waals surface area contributed by atoms with Crippen LogP contribution in [0.5, 0.6) is 0 Å². The molecule has 0 amide bonds. The van der Waals surface area contributed by atoms with E-state index in [0.29, 0.717) is 5.56 Å². The maximum atomic E-state index is 13.0. The van der Waals surface area contributed by atoms with Gasteiger partial charge in [-0.15, -0.1) is 0 Å². The van der Waals surface area contributed by atoms with Crippen molar-refractivity contribution in [3.8, 4) is 11.4 Å². The molecule has 0 aliphatic carbocycles. The number of pyridine rings is 1. The lowest BCUT2D eigenvalue weighted by molar-refractivity contribution is -0.141. The molecule has 0 fully saturated rings. The summed E-state index contributed by atoms with van der Waals surface area (Å²) in [5.41, 5.74) is -0.533. The van der Waals surface area contributed by atoms with E-state index in [2.05, 4.69) is 20.3 Å². The van der Waals surface area contributed by atoms with Crippen molar-refractivity contribution in [3.05, 3.63) is 36.3 Å². The van der Waals surface area contributed by atoms with E-state index >= 15 is 0 Å². The number of hydrogen-bond donors (Lipinski definition) is 1. The molecule has 0 radical (unpaired) electrons. The molecule has 1 unspecified atom stereocenters. The Kier molecular flexibility index (Phi) is 5.23. The van der Waals surface area contributed by atoms with Gasteiger partial charge in [0.15, 0.2) is 11.5 Å². The molecule has 0 saturated carbocycles. The van der Waals surface area contributed by atoms with Gasteiger partial charge in [-0.1, -0.05) is 0 Å². The topological polar surface area (TPSA) is 50.7 Å². The van der Waals surface area contributed by atoms with E-state index < -0.39 is 11.9 Å². The minimum Gasteiger partial charge on any atom is -0.367 e. The van der Waals surface area contributed by atoms with Gasteiger partial charge >= 0.3 is 6.18 Å². The number of anilines is 1. The second kappa shape index (κ2) is 6.95. The quantitative estimate of drug-likeness (QED) is 0.906. The highest BCUT2D eigenvalue weighted by molar-refractivity contribution is 7.98. The minimum absolute atomic E-state index is 0.00164. The normalized spacial score (nSPS) is 13.0. The summed E-state index contributed by atoms with van der Waals surface area (Å²) >= 11 is 1.60. The molecular formula is C14H15F3N4S. The lowest BCUT2D eigenvalue weighted by atomic mass is 10.2. The number of aromatic nitrogens is 3. The molecule has 8 heteroatoms. The fourth-order valence-electron chi connectivity index (χ4n) is 1.83. The molecule has 0 aliphatic heterocycles. The van der Waals surface area contributed by atoms with Crippen molar-refractivity contribution < 1.29 is 13.2 Å². The van der Waals surface area contributed by atoms with Gasteiger partial charge in [0.1, 0.15) is 5.82 Å². The van der Waals surface area contributed by atoms with Crippen molar-refractivity contribution in [2.24, 2.45) is 0 Å². The summed E-state index contributed by atoms with van der Waals surface area (Å²) in [5, 5.41) is 2.97. The smallest absolute Gasteiger partial charge is 0.367 e. The van der Waals surface area contributed by atoms with Crippen LogP contribution in [-0.2, 0) is 6.18 Å². The third kappa shape index (κ3) is 4.33. The summed E-state index contributed by atoms with van der Waals surface area (Å²) in [6, 6.07) is 4.17. The molecule has 2 aromatic heterocycles. The van der Waals surface area contributed by atoms with E-state index in [1.807, 2.05) is 13.2 Å². The van der Waals surface area contributed by atoms with Crippen LogP contribution in [0.1, 0.15) is 12.6 Å². The zero-order valence-corrected chi connectivity index (χ0v) is 12.9. The van der Waals surface area contributed by atoms with Gasteiger partial charge in [-0.05, 0) is 25.3 Å². The number of rotatable bonds is 5. The van der Waals surface area contributed by atoms with Gasteiger partial charge in [-0.25, -0.2) is 9.97 Å². The molecule has 0 bridgehead atoms. The SMILES string of the molecule is CSCC(C)Nc1cc(C(F)(F)F)nc(-c2cccnc2)n1. The van der Waals surface area contributed by atoms with Crippen LogP contribution in [-0.4, -0.2) is 33.0 Å². The molecular weight excluding hydrogens is 313 g/mol. The molecule has 0 saturated heterocycles. The third-order valence-electron chi connectivity index (χ3n) is 2.75. The van der Waals surface area contributed by atoms with Crippen LogP contribution < -0.4 is 5.32 Å². The lowest BCUT2D eigenvalue weighted by Crippen LogP contribution is -2.20. The molecule has 0 aliphatic rings. The first-order chi connectivity index (χ1) is 10.4. The van der Waals surface area contributed by atoms with Gasteiger partial charge in [0.05, 0.1) is 0 Å². The van der Waals surface area contributed by atoms with E-state index in [-0.39, 0.29) is 17.7 Å². The van der Waals surface area contributed by atoms with Gasteiger partial charge in [0, 0.05) is 35.8 Å². The largest absolute Gasteiger partial charge is 0.433 e. The van der Waals surface area contributed by atoms with Crippen molar-refractivity contribution >= 4 is 17.6 Å². The van der Waals surface area contributed by atoms with Gasteiger partial charge in [0.25, 0.3) is 0 Å². The van der Waals surface area contributed by atoms with E-state index in [0.717, 1.165) is 11.8 Å². The third-order valence-corrected chi connectivity index (χ3v) is 3.58. The maximum Gasteiger partial charge on any atom is 0.433 e. The zero-order valence-electron chi connectivity index (χ0n) is 12.1. The van der Waals surface area contributed by atoms with E-state index in [1.165, 1.54) is 12.4 Å². The Labute approximate surface area is 130 Å². The average Bonchev–Trinajstić information content (AvgIpc) is 2.47. The van der Waals surface area contributed by atoms with E-state index in [1.54, 1.807) is 23.9 Å². The summed E-state index contributed by atoms with van der Waals surface area (Å²) in [4.78, 5) is 11.7. The van der Waals surface area contributed by atoms with Crippen LogP contribution in [0.2, 0.25) is 0 Å². The molecule has 2 aromatic rings. The Morgan fingerprint density at radius 2 is 2.09 bits per heavy atom. The Hall–Kier alpha value is -1.83. The van der Waals surface area contributed by atoms with E-state index in [4.69, 9.17) is 0 Å². The first-order valence-corrected chi connectivity index (χ1v) is 7.91. The highest BCUT2D eigenvalue weighted by Crippen LogP contribution is 2.30. The first-order valence-electron chi connectivity index (χ1n) is 6.52. The number of thioether (sulfide) groups is 1. The average molecular weight is 328 g/mol. The molecule has 2 heterocycles. The maximum absolute atomic E-state index is 13.0. The van der Waals surface area contributed by atoms with Gasteiger partial charge in [-0.3, -0.25) is 4.98 Å². The van der Waals surface area contributed by atoms with Crippen molar-refractivity contribution in [2.75, 3.05) is 17.3 Å². The van der Waals surface area contributed by atoms with Crippen LogP contribution in [0.3, 0.4) is 0 Å². The van der Waals surface area contributed by atoms with Crippen LogP contribution in [0, 0.1) is 0 Å². The molecule has 1 N–H and O–H groups in total. The van der Waals surface area contributed by atoms with Gasteiger partial charge in [-0.2, -0.15) is 24.9 Å². The number of nitrogens with one attached hydrogen (secondary N) is 1. The summed E-state index contributed by atoms with van der Waals surface area (Å²) in [6.07, 6.45) is 0.376. The van der Waals surface area contributed by atoms with Crippen molar-refractivity contribution in [1.29, 1.82) is 0 Å². The predicted molar refractivity (Wildman–Crippen MR) is 81.7 cm³/mol. The summed E-state index contributed by atoms with van der Waals surface area (Å²) in [5.74, 6) is 0.914. The second-order valence-electron chi connectivity index (χ2n) is 4.70. The number of nitrogens with zero attached hydrogens (tertiary/aromatic N) is 3. The van der Waals surface area contributed by atoms with Gasteiger partial charge < -0.3 is 5.32 Å². The number of alkyl halides is 3. The zero-order chi connectivity index (χ0) is 16.2. The Bertz CT molecular complexity index is 619. The lowest BCUT2D eigenvalue weighted by Gasteiger charge is -2.15. The monoisotopic (exact) mass is 328 g/mol. The van der Waals surface area contributed by atoms with Crippen LogP contribution in [0.25, 0.3) is 11.4 Å². The number of hydrogen-bond acceptors (Lipinski definition) is 5. The fraction of sp³-hybridized carbons (Fsp3) is 0.357. The molecule has 2 rings (SSSR count). The summed E-state index contributed by atoms with van der Waals surface area (Å²) in [6.45, 7) is 1.88. The first kappa shape index (κ1) is 16.5. The molecule has 0 aromatic carbocycles. The van der Waals surface area contributed by atoms with E-state index in [9.17, 15) is 13.2 Å². The van der Waals surface area contributed by atoms with Crippen molar-refractivity contribution in [1.82, 2.24) is 15.0 Å². The van der Waals surface area contributed by atoms with Crippen LogP contribution >= 0.6 is 11.8 Å². The molecule has 0 spiro atoms. The fourth-order valence-corrected chi connectivity index (χ4v) is 2.42. The highest BCUT2D eigenvalue weighted by atomic mass is 32.2. The minimum atomic E-state index is -4.53. The Morgan fingerprint density at radius 3 is 2.68 bits per heavy atom. The van der Waals surface area contributed by atoms with Crippen LogP contribution in [0.15, 0.2) is 30.6 Å². The molecule has 1 atom stereocenters. The Balaban J connectivity index is 2.41. The predicted octanol–water partition coefficient (Wildman–Crippen LogP) is 3.72. The molecule has 118 valence electrons. The van der Waals surface area contributed by atoms with Crippen LogP contribution in [0.4, 0.5) is 19.0 Å². The van der Waals surface area contributed by atoms with Crippen molar-refractivity contribution in [3.63, 3.8) is 0 Å².